The summed E-state index contributed by atoms with van der Waals surface area (Å²) >= 11 is 0. The van der Waals surface area contributed by atoms with E-state index >= 15 is 0 Å². The Kier molecular flexibility index (Phi) is 6.78. The van der Waals surface area contributed by atoms with E-state index in [0.29, 0.717) is 23.6 Å². The molecule has 1 N–H and O–H groups in total. The smallest absolute Gasteiger partial charge is 0.284 e. The summed E-state index contributed by atoms with van der Waals surface area (Å²) in [6.45, 7) is 4.54. The fourth-order valence-electron chi connectivity index (χ4n) is 3.83. The van der Waals surface area contributed by atoms with Gasteiger partial charge in [-0.1, -0.05) is 35.4 Å². The average molecular weight is 481 g/mol. The Labute approximate surface area is 199 Å². The van der Waals surface area contributed by atoms with Crippen LogP contribution in [0.4, 0.5) is 5.69 Å². The van der Waals surface area contributed by atoms with E-state index in [2.05, 4.69) is 20.0 Å². The van der Waals surface area contributed by atoms with Gasteiger partial charge in [-0.25, -0.2) is 4.68 Å². The molecule has 0 bridgehead atoms. The van der Waals surface area contributed by atoms with Crippen molar-refractivity contribution < 1.29 is 13.2 Å². The number of sulfonamides is 1. The molecule has 3 aromatic rings. The molecule has 0 unspecified atom stereocenters. The molecule has 2 heterocycles. The molecule has 0 atom stereocenters. The summed E-state index contributed by atoms with van der Waals surface area (Å²) in [4.78, 5) is 14.8. The second-order valence-electron chi connectivity index (χ2n) is 8.47. The maximum atomic E-state index is 13.0. The van der Waals surface area contributed by atoms with Crippen LogP contribution in [0, 0.1) is 13.8 Å². The average Bonchev–Trinajstić information content (AvgIpc) is 3.08. The van der Waals surface area contributed by atoms with Crippen molar-refractivity contribution in [2.45, 2.75) is 44.4 Å². The van der Waals surface area contributed by atoms with Gasteiger partial charge in [0.25, 0.3) is 15.9 Å². The lowest BCUT2D eigenvalue weighted by atomic mass is 10.2. The van der Waals surface area contributed by atoms with Gasteiger partial charge in [0.05, 0.1) is 16.3 Å². The first kappa shape index (κ1) is 23.6. The summed E-state index contributed by atoms with van der Waals surface area (Å²) < 4.78 is 31.6. The van der Waals surface area contributed by atoms with Gasteiger partial charge in [-0.2, -0.15) is 8.42 Å². The second kappa shape index (κ2) is 9.76. The van der Waals surface area contributed by atoms with Gasteiger partial charge < -0.3 is 10.2 Å². The van der Waals surface area contributed by atoms with Crippen LogP contribution in [0.3, 0.4) is 0 Å². The number of carbonyl (C=O) groups excluding carboxylic acids is 1. The zero-order valence-electron chi connectivity index (χ0n) is 19.5. The van der Waals surface area contributed by atoms with Gasteiger partial charge >= 0.3 is 0 Å². The van der Waals surface area contributed by atoms with E-state index in [9.17, 15) is 13.2 Å². The molecule has 1 aliphatic heterocycles. The Morgan fingerprint density at radius 1 is 1.06 bits per heavy atom. The molecule has 9 nitrogen and oxygen atoms in total. The summed E-state index contributed by atoms with van der Waals surface area (Å²) in [5.41, 5.74) is 2.99. The first-order valence-corrected chi connectivity index (χ1v) is 12.6. The predicted octanol–water partition coefficient (Wildman–Crippen LogP) is 3.73. The Morgan fingerprint density at radius 3 is 2.59 bits per heavy atom. The van der Waals surface area contributed by atoms with E-state index in [1.807, 2.05) is 43.1 Å². The minimum atomic E-state index is -3.91. The summed E-state index contributed by atoms with van der Waals surface area (Å²) in [5, 5.41) is 10.9. The standard InChI is InChI=1S/C24H28N6O3S/c1-17-11-13-20(14-12-17)30-18(2)23(26-28-30)24(31)25-19-8-7-9-21(16-19)34(32,33)27-22-10-5-4-6-15-29(22)3/h7-9,11-14,16H,4-6,10,15H2,1-3H3,(H,25,31). The SMILES string of the molecule is Cc1ccc(-n2nnc(C(=O)Nc3cccc(S(=O)(=O)N=C4CCCCCN4C)c3)c2C)cc1. The van der Waals surface area contributed by atoms with Crippen LogP contribution in [-0.4, -0.2) is 53.6 Å². The first-order valence-electron chi connectivity index (χ1n) is 11.2. The Hall–Kier alpha value is -3.53. The third-order valence-electron chi connectivity index (χ3n) is 5.84. The number of aryl methyl sites for hydroxylation is 1. The van der Waals surface area contributed by atoms with E-state index in [-0.39, 0.29) is 10.6 Å². The van der Waals surface area contributed by atoms with E-state index in [4.69, 9.17) is 0 Å². The van der Waals surface area contributed by atoms with E-state index in [1.165, 1.54) is 12.1 Å². The van der Waals surface area contributed by atoms with Gasteiger partial charge in [0.15, 0.2) is 5.69 Å². The number of hydrogen-bond donors (Lipinski definition) is 1. The number of amidine groups is 1. The van der Waals surface area contributed by atoms with Crippen molar-refractivity contribution in [2.24, 2.45) is 4.40 Å². The quantitative estimate of drug-likeness (QED) is 0.596. The van der Waals surface area contributed by atoms with Crippen molar-refractivity contribution >= 4 is 27.5 Å². The zero-order valence-corrected chi connectivity index (χ0v) is 20.3. The van der Waals surface area contributed by atoms with Gasteiger partial charge in [-0.05, 0) is 57.0 Å². The fraction of sp³-hybridized carbons (Fsp3) is 0.333. The number of carbonyl (C=O) groups is 1. The summed E-state index contributed by atoms with van der Waals surface area (Å²) in [7, 11) is -2.05. The molecule has 0 radical (unpaired) electrons. The topological polar surface area (TPSA) is 110 Å². The molecule has 0 aliphatic carbocycles. The maximum absolute atomic E-state index is 13.0. The highest BCUT2D eigenvalue weighted by Crippen LogP contribution is 2.21. The summed E-state index contributed by atoms with van der Waals surface area (Å²) in [6.07, 6.45) is 3.61. The molecule has 0 spiro atoms. The molecule has 34 heavy (non-hydrogen) atoms. The van der Waals surface area contributed by atoms with Gasteiger partial charge in [0.1, 0.15) is 5.84 Å². The molecule has 1 aliphatic rings. The number of nitrogens with one attached hydrogen (secondary N) is 1. The van der Waals surface area contributed by atoms with Crippen molar-refractivity contribution in [3.63, 3.8) is 0 Å². The normalized spacial score (nSPS) is 15.9. The van der Waals surface area contributed by atoms with Crippen LogP contribution in [0.5, 0.6) is 0 Å². The number of hydrogen-bond acceptors (Lipinski definition) is 5. The molecule has 1 aromatic heterocycles. The largest absolute Gasteiger partial charge is 0.362 e. The summed E-state index contributed by atoms with van der Waals surface area (Å²) in [5.74, 6) is 0.0931. The third-order valence-corrected chi connectivity index (χ3v) is 7.14. The molecule has 1 fully saturated rings. The van der Waals surface area contributed by atoms with E-state index < -0.39 is 15.9 Å². The molecule has 2 aromatic carbocycles. The highest BCUT2D eigenvalue weighted by atomic mass is 32.2. The van der Waals surface area contributed by atoms with Crippen LogP contribution in [0.1, 0.15) is 47.4 Å². The molecule has 10 heteroatoms. The van der Waals surface area contributed by atoms with Gasteiger partial charge in [-0.3, -0.25) is 4.79 Å². The second-order valence-corrected chi connectivity index (χ2v) is 10.1. The molecule has 1 saturated heterocycles. The number of rotatable bonds is 5. The molecule has 178 valence electrons. The lowest BCUT2D eigenvalue weighted by Gasteiger charge is -2.17. The van der Waals surface area contributed by atoms with E-state index in [0.717, 1.165) is 37.1 Å². The van der Waals surface area contributed by atoms with Gasteiger partial charge in [0.2, 0.25) is 0 Å². The van der Waals surface area contributed by atoms with Crippen molar-refractivity contribution in [1.29, 1.82) is 0 Å². The maximum Gasteiger partial charge on any atom is 0.284 e. The first-order chi connectivity index (χ1) is 16.2. The Balaban J connectivity index is 1.55. The molecule has 4 rings (SSSR count). The number of anilines is 1. The van der Waals surface area contributed by atoms with E-state index in [1.54, 1.807) is 23.7 Å². The zero-order chi connectivity index (χ0) is 24.3. The molecular formula is C24H28N6O3S. The monoisotopic (exact) mass is 480 g/mol. The predicted molar refractivity (Wildman–Crippen MR) is 131 cm³/mol. The number of aromatic nitrogens is 3. The highest BCUT2D eigenvalue weighted by molar-refractivity contribution is 7.90. The lowest BCUT2D eigenvalue weighted by molar-refractivity contribution is 0.102. The Bertz CT molecular complexity index is 1330. The fourth-order valence-corrected chi connectivity index (χ4v) is 4.97. The van der Waals surface area contributed by atoms with Crippen LogP contribution in [0.25, 0.3) is 5.69 Å². The van der Waals surface area contributed by atoms with Crippen LogP contribution in [-0.2, 0) is 10.0 Å². The van der Waals surface area contributed by atoms with Crippen molar-refractivity contribution in [3.8, 4) is 5.69 Å². The molecule has 0 saturated carbocycles. The third kappa shape index (κ3) is 5.17. The number of likely N-dealkylation sites (tertiary alicyclic amines) is 1. The Morgan fingerprint density at radius 2 is 1.82 bits per heavy atom. The number of benzene rings is 2. The van der Waals surface area contributed by atoms with Crippen molar-refractivity contribution in [2.75, 3.05) is 18.9 Å². The van der Waals surface area contributed by atoms with Gasteiger partial charge in [-0.15, -0.1) is 9.50 Å². The molecular weight excluding hydrogens is 452 g/mol. The summed E-state index contributed by atoms with van der Waals surface area (Å²) in [6, 6.07) is 13.8. The van der Waals surface area contributed by atoms with Crippen LogP contribution in [0.2, 0.25) is 0 Å². The van der Waals surface area contributed by atoms with Crippen LogP contribution < -0.4 is 5.32 Å². The number of nitrogens with zero attached hydrogens (tertiary/aromatic N) is 5. The lowest BCUT2D eigenvalue weighted by Crippen LogP contribution is -2.26. The van der Waals surface area contributed by atoms with Crippen LogP contribution in [0.15, 0.2) is 57.8 Å². The van der Waals surface area contributed by atoms with Crippen LogP contribution >= 0.6 is 0 Å². The molecule has 1 amide bonds. The number of amides is 1. The van der Waals surface area contributed by atoms with Crippen molar-refractivity contribution in [1.82, 2.24) is 19.9 Å². The minimum Gasteiger partial charge on any atom is -0.362 e. The van der Waals surface area contributed by atoms with Crippen molar-refractivity contribution in [3.05, 3.63) is 65.5 Å². The highest BCUT2D eigenvalue weighted by Gasteiger charge is 2.21. The van der Waals surface area contributed by atoms with Gasteiger partial charge in [0, 0.05) is 25.7 Å². The minimum absolute atomic E-state index is 0.0236.